The minimum atomic E-state index is 0.439. The molecule has 0 saturated carbocycles. The molecule has 0 spiro atoms. The van der Waals surface area contributed by atoms with E-state index in [2.05, 4.69) is 19.9 Å². The molecular weight excluding hydrogens is 327 g/mol. The van der Waals surface area contributed by atoms with Crippen molar-refractivity contribution in [1.29, 1.82) is 0 Å². The predicted octanol–water partition coefficient (Wildman–Crippen LogP) is 6.69. The maximum atomic E-state index is 9.46. The molecule has 0 bridgehead atoms. The highest BCUT2D eigenvalue weighted by atomic mass is 35.5. The number of hydrogen-bond donors (Lipinski definition) is 1. The highest BCUT2D eigenvalue weighted by Crippen LogP contribution is 2.24. The molecule has 0 aliphatic heterocycles. The second-order valence-electron chi connectivity index (χ2n) is 4.79. The molecule has 0 fully saturated rings. The summed E-state index contributed by atoms with van der Waals surface area (Å²) in [6, 6.07) is 10.7. The van der Waals surface area contributed by atoms with Crippen molar-refractivity contribution in [1.82, 2.24) is 0 Å². The smallest absolute Gasteiger partial charge is 0.118 e. The van der Waals surface area contributed by atoms with Crippen molar-refractivity contribution in [3.05, 3.63) is 62.6 Å². The number of rotatable bonds is 3. The van der Waals surface area contributed by atoms with Gasteiger partial charge in [-0.2, -0.15) is 0 Å². The van der Waals surface area contributed by atoms with E-state index in [1.807, 2.05) is 6.07 Å². The van der Waals surface area contributed by atoms with Crippen LogP contribution in [0.2, 0.25) is 15.1 Å². The highest BCUT2D eigenvalue weighted by molar-refractivity contribution is 6.43. The van der Waals surface area contributed by atoms with E-state index < -0.39 is 0 Å². The van der Waals surface area contributed by atoms with Crippen molar-refractivity contribution in [2.75, 3.05) is 0 Å². The van der Waals surface area contributed by atoms with Crippen molar-refractivity contribution in [3.8, 4) is 5.75 Å². The average molecular weight is 346 g/mol. The summed E-state index contributed by atoms with van der Waals surface area (Å²) in [5.41, 5.74) is 2.30. The lowest BCUT2D eigenvalue weighted by Gasteiger charge is -2.04. The van der Waals surface area contributed by atoms with Gasteiger partial charge in [0.2, 0.25) is 0 Å². The number of halogens is 3. The molecule has 0 atom stereocenters. The lowest BCUT2D eigenvalue weighted by molar-refractivity contribution is 0.466. The molecule has 114 valence electrons. The van der Waals surface area contributed by atoms with Gasteiger partial charge in [-0.25, -0.2) is 0 Å². The Hall–Kier alpha value is -0.890. The molecule has 21 heavy (non-hydrogen) atoms. The molecular formula is C17H19Cl3O. The first kappa shape index (κ1) is 18.2. The van der Waals surface area contributed by atoms with Crippen LogP contribution in [0.3, 0.4) is 0 Å². The van der Waals surface area contributed by atoms with Crippen molar-refractivity contribution >= 4 is 34.8 Å². The fourth-order valence-corrected chi connectivity index (χ4v) is 2.28. The fraction of sp³-hybridized carbons (Fsp3) is 0.294. The van der Waals surface area contributed by atoms with Gasteiger partial charge in [0.05, 0.1) is 10.0 Å². The van der Waals surface area contributed by atoms with Gasteiger partial charge < -0.3 is 5.11 Å². The molecule has 2 aromatic carbocycles. The molecule has 4 heteroatoms. The Labute approximate surface area is 141 Å². The first-order valence-corrected chi connectivity index (χ1v) is 7.96. The third-order valence-electron chi connectivity index (χ3n) is 2.92. The van der Waals surface area contributed by atoms with Crippen LogP contribution in [0.1, 0.15) is 30.9 Å². The van der Waals surface area contributed by atoms with Crippen LogP contribution in [-0.4, -0.2) is 5.11 Å². The summed E-state index contributed by atoms with van der Waals surface area (Å²) < 4.78 is 0. The Kier molecular flexibility index (Phi) is 7.95. The van der Waals surface area contributed by atoms with E-state index in [0.29, 0.717) is 20.8 Å². The number of phenolic OH excluding ortho intramolecular Hbond substituents is 1. The number of aromatic hydroxyl groups is 1. The number of unbranched alkanes of at least 4 members (excludes halogenated alkanes) is 1. The van der Waals surface area contributed by atoms with E-state index in [0.717, 1.165) is 18.4 Å². The van der Waals surface area contributed by atoms with Crippen LogP contribution in [0.5, 0.6) is 5.75 Å². The molecule has 2 aromatic rings. The molecule has 0 heterocycles. The van der Waals surface area contributed by atoms with Crippen molar-refractivity contribution in [3.63, 3.8) is 0 Å². The standard InChI is InChI=1S/C11H16O.C6H3Cl3/c1-3-4-5-10-8-9(2)6-7-11(10)12;7-4-1-2-5(8)6(9)3-4/h6-8,12H,3-5H2,1-2H3;1-3H. The van der Waals surface area contributed by atoms with Gasteiger partial charge in [0.1, 0.15) is 5.75 Å². The van der Waals surface area contributed by atoms with Crippen LogP contribution in [0, 0.1) is 6.92 Å². The maximum absolute atomic E-state index is 9.46. The monoisotopic (exact) mass is 344 g/mol. The third kappa shape index (κ3) is 6.60. The molecule has 0 saturated heterocycles. The van der Waals surface area contributed by atoms with Crippen LogP contribution in [0.25, 0.3) is 0 Å². The summed E-state index contributed by atoms with van der Waals surface area (Å²) in [7, 11) is 0. The van der Waals surface area contributed by atoms with Crippen molar-refractivity contribution in [2.24, 2.45) is 0 Å². The lowest BCUT2D eigenvalue weighted by Crippen LogP contribution is -1.86. The van der Waals surface area contributed by atoms with Crippen LogP contribution in [0.15, 0.2) is 36.4 Å². The summed E-state index contributed by atoms with van der Waals surface area (Å²) in [5, 5.41) is 11.1. The van der Waals surface area contributed by atoms with E-state index >= 15 is 0 Å². The normalized spacial score (nSPS) is 9.95. The van der Waals surface area contributed by atoms with Crippen LogP contribution in [0.4, 0.5) is 0 Å². The molecule has 1 N–H and O–H groups in total. The first-order valence-electron chi connectivity index (χ1n) is 6.83. The van der Waals surface area contributed by atoms with Gasteiger partial charge in [-0.05, 0) is 49.6 Å². The summed E-state index contributed by atoms with van der Waals surface area (Å²) in [6.45, 7) is 4.21. The topological polar surface area (TPSA) is 20.2 Å². The zero-order valence-corrected chi connectivity index (χ0v) is 14.4. The summed E-state index contributed by atoms with van der Waals surface area (Å²) in [6.07, 6.45) is 3.31. The number of benzene rings is 2. The second kappa shape index (κ2) is 9.19. The fourth-order valence-electron chi connectivity index (χ4n) is 1.75. The van der Waals surface area contributed by atoms with Gasteiger partial charge in [0.15, 0.2) is 0 Å². The zero-order chi connectivity index (χ0) is 15.8. The molecule has 0 amide bonds. The van der Waals surface area contributed by atoms with E-state index in [1.54, 1.807) is 24.3 Å². The summed E-state index contributed by atoms with van der Waals surface area (Å²) in [5.74, 6) is 0.439. The Morgan fingerprint density at radius 2 is 1.67 bits per heavy atom. The summed E-state index contributed by atoms with van der Waals surface area (Å²) >= 11 is 16.8. The Morgan fingerprint density at radius 3 is 2.24 bits per heavy atom. The summed E-state index contributed by atoms with van der Waals surface area (Å²) in [4.78, 5) is 0. The number of hydrogen-bond acceptors (Lipinski definition) is 1. The molecule has 0 aromatic heterocycles. The minimum absolute atomic E-state index is 0.439. The third-order valence-corrected chi connectivity index (χ3v) is 3.89. The van der Waals surface area contributed by atoms with E-state index in [-0.39, 0.29) is 0 Å². The van der Waals surface area contributed by atoms with Gasteiger partial charge in [-0.15, -0.1) is 0 Å². The highest BCUT2D eigenvalue weighted by Gasteiger charge is 1.99. The van der Waals surface area contributed by atoms with Gasteiger partial charge in [-0.1, -0.05) is 65.8 Å². The van der Waals surface area contributed by atoms with E-state index in [1.165, 1.54) is 12.0 Å². The Balaban J connectivity index is 0.000000219. The maximum Gasteiger partial charge on any atom is 0.118 e. The molecule has 0 unspecified atom stereocenters. The number of aryl methyl sites for hydroxylation is 2. The second-order valence-corrected chi connectivity index (χ2v) is 6.04. The predicted molar refractivity (Wildman–Crippen MR) is 92.9 cm³/mol. The van der Waals surface area contributed by atoms with Crippen LogP contribution < -0.4 is 0 Å². The minimum Gasteiger partial charge on any atom is -0.508 e. The van der Waals surface area contributed by atoms with Crippen molar-refractivity contribution in [2.45, 2.75) is 33.1 Å². The van der Waals surface area contributed by atoms with Crippen LogP contribution in [-0.2, 0) is 6.42 Å². The molecule has 2 rings (SSSR count). The average Bonchev–Trinajstić information content (AvgIpc) is 2.45. The van der Waals surface area contributed by atoms with Gasteiger partial charge in [0, 0.05) is 5.02 Å². The van der Waals surface area contributed by atoms with Crippen molar-refractivity contribution < 1.29 is 5.11 Å². The number of phenols is 1. The van der Waals surface area contributed by atoms with Crippen LogP contribution >= 0.6 is 34.8 Å². The first-order chi connectivity index (χ1) is 9.93. The quantitative estimate of drug-likeness (QED) is 0.614. The van der Waals surface area contributed by atoms with E-state index in [9.17, 15) is 5.11 Å². The zero-order valence-electron chi connectivity index (χ0n) is 12.2. The van der Waals surface area contributed by atoms with Gasteiger partial charge in [0.25, 0.3) is 0 Å². The molecule has 0 aliphatic carbocycles. The Morgan fingerprint density at radius 1 is 0.952 bits per heavy atom. The van der Waals surface area contributed by atoms with Gasteiger partial charge in [-0.3, -0.25) is 0 Å². The molecule has 0 radical (unpaired) electrons. The molecule has 0 aliphatic rings. The SMILES string of the molecule is CCCCc1cc(C)ccc1O.Clc1ccc(Cl)c(Cl)c1. The largest absolute Gasteiger partial charge is 0.508 e. The Bertz CT molecular complexity index is 582. The van der Waals surface area contributed by atoms with E-state index in [4.69, 9.17) is 34.8 Å². The lowest BCUT2D eigenvalue weighted by atomic mass is 10.1. The molecule has 1 nitrogen and oxygen atoms in total. The van der Waals surface area contributed by atoms with Gasteiger partial charge >= 0.3 is 0 Å².